The molecule has 2 atom stereocenters. The summed E-state index contributed by atoms with van der Waals surface area (Å²) in [6, 6.07) is 6.54. The van der Waals surface area contributed by atoms with Gasteiger partial charge in [-0.05, 0) is 44.0 Å². The van der Waals surface area contributed by atoms with Gasteiger partial charge >= 0.3 is 0 Å². The number of hydrogen-bond donors (Lipinski definition) is 2. The Labute approximate surface area is 107 Å². The van der Waals surface area contributed by atoms with Gasteiger partial charge in [0.05, 0.1) is 6.42 Å². The number of halogens is 1. The zero-order chi connectivity index (χ0) is 13.0. The molecule has 0 aromatic heterocycles. The fourth-order valence-electron chi connectivity index (χ4n) is 2.34. The first-order chi connectivity index (χ1) is 8.66. The first-order valence-electron chi connectivity index (χ1n) is 6.40. The van der Waals surface area contributed by atoms with Crippen molar-refractivity contribution in [1.82, 2.24) is 10.6 Å². The molecule has 1 aromatic carbocycles. The van der Waals surface area contributed by atoms with E-state index in [1.165, 1.54) is 6.07 Å². The van der Waals surface area contributed by atoms with Crippen LogP contribution in [0.2, 0.25) is 0 Å². The number of carbonyl (C=O) groups is 1. The van der Waals surface area contributed by atoms with Gasteiger partial charge in [0.1, 0.15) is 5.82 Å². The Balaban J connectivity index is 1.86. The van der Waals surface area contributed by atoms with Gasteiger partial charge in [-0.3, -0.25) is 4.79 Å². The van der Waals surface area contributed by atoms with Crippen molar-refractivity contribution in [3.05, 3.63) is 35.6 Å². The van der Waals surface area contributed by atoms with E-state index in [-0.39, 0.29) is 24.2 Å². The maximum Gasteiger partial charge on any atom is 0.224 e. The first kappa shape index (κ1) is 13.0. The highest BCUT2D eigenvalue weighted by molar-refractivity contribution is 5.78. The topological polar surface area (TPSA) is 41.1 Å². The Hall–Kier alpha value is -1.42. The number of rotatable bonds is 4. The van der Waals surface area contributed by atoms with Gasteiger partial charge in [-0.1, -0.05) is 18.2 Å². The highest BCUT2D eigenvalue weighted by Crippen LogP contribution is 2.13. The van der Waals surface area contributed by atoms with Crippen LogP contribution in [0.4, 0.5) is 4.39 Å². The summed E-state index contributed by atoms with van der Waals surface area (Å²) >= 11 is 0. The van der Waals surface area contributed by atoms with Crippen LogP contribution in [0, 0.1) is 11.7 Å². The van der Waals surface area contributed by atoms with Crippen molar-refractivity contribution >= 4 is 5.91 Å². The van der Waals surface area contributed by atoms with Gasteiger partial charge in [0.25, 0.3) is 0 Å². The van der Waals surface area contributed by atoms with E-state index in [4.69, 9.17) is 0 Å². The van der Waals surface area contributed by atoms with Crippen molar-refractivity contribution in [2.24, 2.45) is 5.92 Å². The predicted molar refractivity (Wildman–Crippen MR) is 68.7 cm³/mol. The molecule has 4 heteroatoms. The number of amides is 1. The fourth-order valence-corrected chi connectivity index (χ4v) is 2.34. The summed E-state index contributed by atoms with van der Waals surface area (Å²) in [5.74, 6) is 0.0527. The van der Waals surface area contributed by atoms with Crippen LogP contribution < -0.4 is 10.6 Å². The highest BCUT2D eigenvalue weighted by atomic mass is 19.1. The second kappa shape index (κ2) is 5.96. The van der Waals surface area contributed by atoms with Gasteiger partial charge in [0.15, 0.2) is 0 Å². The molecule has 1 saturated heterocycles. The fraction of sp³-hybridized carbons (Fsp3) is 0.500. The molecule has 1 fully saturated rings. The van der Waals surface area contributed by atoms with E-state index >= 15 is 0 Å². The van der Waals surface area contributed by atoms with Crippen molar-refractivity contribution in [2.75, 3.05) is 13.1 Å². The van der Waals surface area contributed by atoms with Crippen LogP contribution in [0.1, 0.15) is 18.9 Å². The lowest BCUT2D eigenvalue weighted by Gasteiger charge is -2.19. The molecule has 98 valence electrons. The van der Waals surface area contributed by atoms with E-state index in [0.717, 1.165) is 19.5 Å². The predicted octanol–water partition coefficient (Wildman–Crippen LogP) is 1.48. The summed E-state index contributed by atoms with van der Waals surface area (Å²) in [6.07, 6.45) is 1.19. The zero-order valence-corrected chi connectivity index (χ0v) is 10.6. The smallest absolute Gasteiger partial charge is 0.224 e. The SMILES string of the molecule is CC(NC(=O)Cc1ccccc1F)C1CCNC1. The van der Waals surface area contributed by atoms with Crippen LogP contribution in [0.5, 0.6) is 0 Å². The number of nitrogens with one attached hydrogen (secondary N) is 2. The molecule has 2 N–H and O–H groups in total. The lowest BCUT2D eigenvalue weighted by Crippen LogP contribution is -2.39. The number of benzene rings is 1. The Kier molecular flexibility index (Phi) is 4.31. The molecule has 2 unspecified atom stereocenters. The van der Waals surface area contributed by atoms with Crippen molar-refractivity contribution < 1.29 is 9.18 Å². The lowest BCUT2D eigenvalue weighted by atomic mass is 10.0. The van der Waals surface area contributed by atoms with Crippen molar-refractivity contribution in [3.63, 3.8) is 0 Å². The maximum atomic E-state index is 13.4. The van der Waals surface area contributed by atoms with Gasteiger partial charge in [0.2, 0.25) is 5.91 Å². The molecule has 0 radical (unpaired) electrons. The summed E-state index contributed by atoms with van der Waals surface area (Å²) in [5, 5.41) is 6.23. The van der Waals surface area contributed by atoms with Crippen LogP contribution >= 0.6 is 0 Å². The average molecular weight is 250 g/mol. The van der Waals surface area contributed by atoms with Crippen LogP contribution in [0.15, 0.2) is 24.3 Å². The average Bonchev–Trinajstić information content (AvgIpc) is 2.85. The molecular formula is C14H19FN2O. The third kappa shape index (κ3) is 3.29. The van der Waals surface area contributed by atoms with E-state index in [2.05, 4.69) is 10.6 Å². The van der Waals surface area contributed by atoms with Crippen LogP contribution in [-0.2, 0) is 11.2 Å². The lowest BCUT2D eigenvalue weighted by molar-refractivity contribution is -0.121. The highest BCUT2D eigenvalue weighted by Gasteiger charge is 2.22. The minimum absolute atomic E-state index is 0.108. The summed E-state index contributed by atoms with van der Waals surface area (Å²) in [5.41, 5.74) is 0.451. The molecule has 1 aliphatic rings. The monoisotopic (exact) mass is 250 g/mol. The molecule has 1 aromatic rings. The Morgan fingerprint density at radius 3 is 3.00 bits per heavy atom. The number of carbonyl (C=O) groups excluding carboxylic acids is 1. The minimum Gasteiger partial charge on any atom is -0.353 e. The molecule has 0 aliphatic carbocycles. The summed E-state index contributed by atoms with van der Waals surface area (Å²) in [6.45, 7) is 3.97. The van der Waals surface area contributed by atoms with Crippen molar-refractivity contribution in [3.8, 4) is 0 Å². The minimum atomic E-state index is -0.317. The Bertz CT molecular complexity index is 416. The van der Waals surface area contributed by atoms with E-state index in [1.807, 2.05) is 6.92 Å². The molecule has 3 nitrogen and oxygen atoms in total. The quantitative estimate of drug-likeness (QED) is 0.850. The third-order valence-corrected chi connectivity index (χ3v) is 3.50. The standard InChI is InChI=1S/C14H19FN2O/c1-10(12-6-7-16-9-12)17-14(18)8-11-4-2-3-5-13(11)15/h2-5,10,12,16H,6-9H2,1H3,(H,17,18). The van der Waals surface area contributed by atoms with Gasteiger partial charge in [-0.2, -0.15) is 0 Å². The molecule has 1 amide bonds. The largest absolute Gasteiger partial charge is 0.353 e. The Morgan fingerprint density at radius 2 is 2.33 bits per heavy atom. The molecule has 0 bridgehead atoms. The van der Waals surface area contributed by atoms with Gasteiger partial charge in [-0.15, -0.1) is 0 Å². The van der Waals surface area contributed by atoms with Crippen molar-refractivity contribution in [1.29, 1.82) is 0 Å². The molecule has 2 rings (SSSR count). The van der Waals surface area contributed by atoms with Gasteiger partial charge in [-0.25, -0.2) is 4.39 Å². The third-order valence-electron chi connectivity index (χ3n) is 3.50. The van der Waals surface area contributed by atoms with Crippen LogP contribution in [-0.4, -0.2) is 25.0 Å². The first-order valence-corrected chi connectivity index (χ1v) is 6.40. The van der Waals surface area contributed by atoms with E-state index in [9.17, 15) is 9.18 Å². The van der Waals surface area contributed by atoms with Gasteiger partial charge in [0, 0.05) is 6.04 Å². The van der Waals surface area contributed by atoms with E-state index in [1.54, 1.807) is 18.2 Å². The molecule has 0 saturated carbocycles. The summed E-state index contributed by atoms with van der Waals surface area (Å²) in [4.78, 5) is 11.8. The second-order valence-electron chi connectivity index (χ2n) is 4.88. The Morgan fingerprint density at radius 1 is 1.56 bits per heavy atom. The normalized spacial score (nSPS) is 20.7. The number of hydrogen-bond acceptors (Lipinski definition) is 2. The zero-order valence-electron chi connectivity index (χ0n) is 10.6. The van der Waals surface area contributed by atoms with Crippen molar-refractivity contribution in [2.45, 2.75) is 25.8 Å². The molecule has 0 spiro atoms. The molecule has 18 heavy (non-hydrogen) atoms. The van der Waals surface area contributed by atoms with E-state index in [0.29, 0.717) is 11.5 Å². The van der Waals surface area contributed by atoms with Gasteiger partial charge < -0.3 is 10.6 Å². The molecular weight excluding hydrogens is 231 g/mol. The maximum absolute atomic E-state index is 13.4. The summed E-state index contributed by atoms with van der Waals surface area (Å²) in [7, 11) is 0. The van der Waals surface area contributed by atoms with Crippen LogP contribution in [0.3, 0.4) is 0 Å². The molecule has 1 aliphatic heterocycles. The second-order valence-corrected chi connectivity index (χ2v) is 4.88. The van der Waals surface area contributed by atoms with E-state index < -0.39 is 0 Å². The summed E-state index contributed by atoms with van der Waals surface area (Å²) < 4.78 is 13.4. The van der Waals surface area contributed by atoms with Crippen LogP contribution in [0.25, 0.3) is 0 Å². The molecule has 1 heterocycles.